The van der Waals surface area contributed by atoms with Gasteiger partial charge in [-0.15, -0.1) is 0 Å². The first-order chi connectivity index (χ1) is 9.20. The fourth-order valence-corrected chi connectivity index (χ4v) is 2.59. The second-order valence-corrected chi connectivity index (χ2v) is 5.20. The van der Waals surface area contributed by atoms with Gasteiger partial charge in [0.1, 0.15) is 5.76 Å². The molecule has 1 amide bonds. The van der Waals surface area contributed by atoms with Crippen molar-refractivity contribution in [1.82, 2.24) is 10.2 Å². The molecular formula is C14H23N3O2. The summed E-state index contributed by atoms with van der Waals surface area (Å²) >= 11 is 0. The average Bonchev–Trinajstić information content (AvgIpc) is 3.06. The van der Waals surface area contributed by atoms with Gasteiger partial charge < -0.3 is 15.5 Å². The Morgan fingerprint density at radius 2 is 2.53 bits per heavy atom. The van der Waals surface area contributed by atoms with Gasteiger partial charge in [-0.3, -0.25) is 9.69 Å². The Morgan fingerprint density at radius 3 is 3.21 bits per heavy atom. The van der Waals surface area contributed by atoms with E-state index in [0.717, 1.165) is 38.2 Å². The smallest absolute Gasteiger partial charge is 0.237 e. The summed E-state index contributed by atoms with van der Waals surface area (Å²) in [5, 5.41) is 2.91. The van der Waals surface area contributed by atoms with Crippen LogP contribution in [-0.2, 0) is 11.3 Å². The summed E-state index contributed by atoms with van der Waals surface area (Å²) in [6.07, 6.45) is 3.81. The zero-order chi connectivity index (χ0) is 13.7. The highest BCUT2D eigenvalue weighted by molar-refractivity contribution is 5.81. The fourth-order valence-electron chi connectivity index (χ4n) is 2.59. The Bertz CT molecular complexity index is 391. The summed E-state index contributed by atoms with van der Waals surface area (Å²) in [5.41, 5.74) is 5.58. The van der Waals surface area contributed by atoms with Crippen molar-refractivity contribution < 1.29 is 9.21 Å². The summed E-state index contributed by atoms with van der Waals surface area (Å²) in [7, 11) is 0. The standard InChI is InChI=1S/C14H23N3O2/c1-11(17-7-5-12(10-17)4-6-15)14(18)16-9-13-3-2-8-19-13/h2-3,8,11-12H,4-7,9-10,15H2,1H3,(H,16,18). The third-order valence-corrected chi connectivity index (χ3v) is 3.84. The molecule has 1 aromatic heterocycles. The van der Waals surface area contributed by atoms with Crippen molar-refractivity contribution in [2.24, 2.45) is 11.7 Å². The Labute approximate surface area is 114 Å². The zero-order valence-electron chi connectivity index (χ0n) is 11.5. The maximum absolute atomic E-state index is 12.1. The third kappa shape index (κ3) is 3.81. The lowest BCUT2D eigenvalue weighted by atomic mass is 10.1. The largest absolute Gasteiger partial charge is 0.467 e. The van der Waals surface area contributed by atoms with Crippen LogP contribution in [0.15, 0.2) is 22.8 Å². The fraction of sp³-hybridized carbons (Fsp3) is 0.643. The number of nitrogens with two attached hydrogens (primary N) is 1. The minimum atomic E-state index is -0.0854. The number of likely N-dealkylation sites (tertiary alicyclic amines) is 1. The minimum absolute atomic E-state index is 0.0600. The number of furan rings is 1. The van der Waals surface area contributed by atoms with E-state index >= 15 is 0 Å². The van der Waals surface area contributed by atoms with Crippen LogP contribution in [0.2, 0.25) is 0 Å². The predicted octanol–water partition coefficient (Wildman–Crippen LogP) is 0.955. The first-order valence-electron chi connectivity index (χ1n) is 6.95. The molecule has 2 rings (SSSR count). The van der Waals surface area contributed by atoms with Gasteiger partial charge in [-0.05, 0) is 50.9 Å². The number of rotatable bonds is 6. The molecule has 0 aromatic carbocycles. The van der Waals surface area contributed by atoms with Crippen molar-refractivity contribution in [2.45, 2.75) is 32.4 Å². The summed E-state index contributed by atoms with van der Waals surface area (Å²) in [4.78, 5) is 14.3. The number of nitrogens with zero attached hydrogens (tertiary/aromatic N) is 1. The first kappa shape index (κ1) is 14.1. The number of hydrogen-bond donors (Lipinski definition) is 2. The Kier molecular flexibility index (Phi) is 4.99. The number of hydrogen-bond acceptors (Lipinski definition) is 4. The number of carbonyl (C=O) groups excluding carboxylic acids is 1. The van der Waals surface area contributed by atoms with Crippen molar-refractivity contribution in [1.29, 1.82) is 0 Å². The molecule has 3 N–H and O–H groups in total. The summed E-state index contributed by atoms with van der Waals surface area (Å²) in [6, 6.07) is 3.60. The average molecular weight is 265 g/mol. The quantitative estimate of drug-likeness (QED) is 0.803. The van der Waals surface area contributed by atoms with Crippen LogP contribution in [0.3, 0.4) is 0 Å². The third-order valence-electron chi connectivity index (χ3n) is 3.84. The maximum atomic E-state index is 12.1. The Morgan fingerprint density at radius 1 is 1.68 bits per heavy atom. The van der Waals surface area contributed by atoms with Crippen molar-refractivity contribution in [2.75, 3.05) is 19.6 Å². The number of carbonyl (C=O) groups is 1. The van der Waals surface area contributed by atoms with Crippen molar-refractivity contribution in [3.63, 3.8) is 0 Å². The van der Waals surface area contributed by atoms with E-state index in [1.165, 1.54) is 0 Å². The van der Waals surface area contributed by atoms with Gasteiger partial charge in [0.15, 0.2) is 0 Å². The van der Waals surface area contributed by atoms with Gasteiger partial charge in [-0.2, -0.15) is 0 Å². The van der Waals surface area contributed by atoms with Crippen LogP contribution < -0.4 is 11.1 Å². The topological polar surface area (TPSA) is 71.5 Å². The van der Waals surface area contributed by atoms with Crippen LogP contribution in [0.4, 0.5) is 0 Å². The van der Waals surface area contributed by atoms with Gasteiger partial charge in [0.05, 0.1) is 18.8 Å². The van der Waals surface area contributed by atoms with Crippen LogP contribution in [0, 0.1) is 5.92 Å². The highest BCUT2D eigenvalue weighted by Crippen LogP contribution is 2.20. The Balaban J connectivity index is 1.76. The van der Waals surface area contributed by atoms with E-state index < -0.39 is 0 Å². The molecule has 1 aromatic rings. The van der Waals surface area contributed by atoms with Gasteiger partial charge in [0, 0.05) is 6.54 Å². The van der Waals surface area contributed by atoms with E-state index in [2.05, 4.69) is 10.2 Å². The molecule has 5 heteroatoms. The molecule has 0 bridgehead atoms. The van der Waals surface area contributed by atoms with Crippen LogP contribution in [0.25, 0.3) is 0 Å². The van der Waals surface area contributed by atoms with E-state index in [4.69, 9.17) is 10.2 Å². The van der Waals surface area contributed by atoms with E-state index in [9.17, 15) is 4.79 Å². The summed E-state index contributed by atoms with van der Waals surface area (Å²) in [5.74, 6) is 1.48. The highest BCUT2D eigenvalue weighted by Gasteiger charge is 2.28. The monoisotopic (exact) mass is 265 g/mol. The molecule has 1 aliphatic heterocycles. The molecule has 2 heterocycles. The van der Waals surface area contributed by atoms with Crippen LogP contribution >= 0.6 is 0 Å². The molecule has 0 radical (unpaired) electrons. The zero-order valence-corrected chi connectivity index (χ0v) is 11.5. The first-order valence-corrected chi connectivity index (χ1v) is 6.95. The van der Waals surface area contributed by atoms with Crippen LogP contribution in [0.1, 0.15) is 25.5 Å². The highest BCUT2D eigenvalue weighted by atomic mass is 16.3. The molecule has 1 aliphatic rings. The second-order valence-electron chi connectivity index (χ2n) is 5.20. The number of nitrogens with one attached hydrogen (secondary N) is 1. The maximum Gasteiger partial charge on any atom is 0.237 e. The second kappa shape index (κ2) is 6.73. The predicted molar refractivity (Wildman–Crippen MR) is 73.4 cm³/mol. The summed E-state index contributed by atoms with van der Waals surface area (Å²) in [6.45, 7) is 5.11. The normalized spacial score (nSPS) is 21.5. The van der Waals surface area contributed by atoms with Crippen LogP contribution in [0.5, 0.6) is 0 Å². The van der Waals surface area contributed by atoms with E-state index in [-0.39, 0.29) is 11.9 Å². The lowest BCUT2D eigenvalue weighted by Crippen LogP contribution is -2.43. The van der Waals surface area contributed by atoms with E-state index in [1.807, 2.05) is 19.1 Å². The van der Waals surface area contributed by atoms with Gasteiger partial charge in [0.2, 0.25) is 5.91 Å². The van der Waals surface area contributed by atoms with Gasteiger partial charge in [0.25, 0.3) is 0 Å². The molecule has 106 valence electrons. The summed E-state index contributed by atoms with van der Waals surface area (Å²) < 4.78 is 5.20. The van der Waals surface area contributed by atoms with Gasteiger partial charge in [-0.1, -0.05) is 0 Å². The molecule has 1 saturated heterocycles. The lowest BCUT2D eigenvalue weighted by molar-refractivity contribution is -0.125. The molecule has 5 nitrogen and oxygen atoms in total. The molecular weight excluding hydrogens is 242 g/mol. The molecule has 2 unspecified atom stereocenters. The minimum Gasteiger partial charge on any atom is -0.467 e. The van der Waals surface area contributed by atoms with Crippen LogP contribution in [-0.4, -0.2) is 36.5 Å². The van der Waals surface area contributed by atoms with E-state index in [0.29, 0.717) is 12.5 Å². The number of amides is 1. The molecule has 19 heavy (non-hydrogen) atoms. The van der Waals surface area contributed by atoms with Crippen molar-refractivity contribution in [3.8, 4) is 0 Å². The van der Waals surface area contributed by atoms with Gasteiger partial charge in [-0.25, -0.2) is 0 Å². The molecule has 0 aliphatic carbocycles. The van der Waals surface area contributed by atoms with Crippen molar-refractivity contribution in [3.05, 3.63) is 24.2 Å². The van der Waals surface area contributed by atoms with E-state index in [1.54, 1.807) is 6.26 Å². The molecule has 0 saturated carbocycles. The van der Waals surface area contributed by atoms with Crippen molar-refractivity contribution >= 4 is 5.91 Å². The lowest BCUT2D eigenvalue weighted by Gasteiger charge is -2.23. The molecule has 1 fully saturated rings. The Hall–Kier alpha value is -1.33. The molecule has 0 spiro atoms. The molecule has 2 atom stereocenters. The van der Waals surface area contributed by atoms with Gasteiger partial charge >= 0.3 is 0 Å². The SMILES string of the molecule is CC(C(=O)NCc1ccco1)N1CCC(CCN)C1.